The van der Waals surface area contributed by atoms with Crippen molar-refractivity contribution in [3.8, 4) is 17.1 Å². The number of carboxylic acids is 1. The van der Waals surface area contributed by atoms with Gasteiger partial charge in [-0.05, 0) is 36.4 Å². The van der Waals surface area contributed by atoms with Crippen molar-refractivity contribution >= 4 is 11.8 Å². The Morgan fingerprint density at radius 3 is 2.55 bits per heavy atom. The number of benzene rings is 1. The highest BCUT2D eigenvalue weighted by Crippen LogP contribution is 2.21. The average Bonchev–Trinajstić information content (AvgIpc) is 3.23. The van der Waals surface area contributed by atoms with Crippen LogP contribution in [-0.4, -0.2) is 64.4 Å². The monoisotopic (exact) mass is 395 g/mol. The molecule has 1 aliphatic rings. The van der Waals surface area contributed by atoms with Crippen molar-refractivity contribution in [2.24, 2.45) is 0 Å². The quantitative estimate of drug-likeness (QED) is 0.672. The van der Waals surface area contributed by atoms with Gasteiger partial charge >= 0.3 is 5.97 Å². The number of piperazine rings is 1. The van der Waals surface area contributed by atoms with Crippen molar-refractivity contribution in [1.82, 2.24) is 20.0 Å². The summed E-state index contributed by atoms with van der Waals surface area (Å²) in [6.07, 6.45) is 0. The van der Waals surface area contributed by atoms with Crippen LogP contribution in [0.1, 0.15) is 16.4 Å². The summed E-state index contributed by atoms with van der Waals surface area (Å²) in [5, 5.41) is 13.2. The van der Waals surface area contributed by atoms with Crippen molar-refractivity contribution < 1.29 is 19.2 Å². The van der Waals surface area contributed by atoms with Gasteiger partial charge in [0.1, 0.15) is 11.6 Å². The third-order valence-corrected chi connectivity index (χ3v) is 4.82. The highest BCUT2D eigenvalue weighted by molar-refractivity contribution is 5.85. The highest BCUT2D eigenvalue weighted by atomic mass is 16.5. The van der Waals surface area contributed by atoms with E-state index in [1.54, 1.807) is 13.2 Å². The summed E-state index contributed by atoms with van der Waals surface area (Å²) >= 11 is 0. The van der Waals surface area contributed by atoms with Gasteiger partial charge in [0.15, 0.2) is 5.69 Å². The molecule has 1 aromatic carbocycles. The fraction of sp³-hybridized carbons (Fsp3) is 0.300. The van der Waals surface area contributed by atoms with Crippen LogP contribution in [0.5, 0.6) is 5.75 Å². The number of anilines is 1. The van der Waals surface area contributed by atoms with Crippen molar-refractivity contribution in [3.63, 3.8) is 0 Å². The molecular formula is C20H21N5O4. The van der Waals surface area contributed by atoms with E-state index in [2.05, 4.69) is 24.9 Å². The lowest BCUT2D eigenvalue weighted by Crippen LogP contribution is -2.46. The second-order valence-corrected chi connectivity index (χ2v) is 6.69. The molecule has 1 fully saturated rings. The lowest BCUT2D eigenvalue weighted by Gasteiger charge is -2.34. The maximum absolute atomic E-state index is 11.1. The molecule has 0 radical (unpaired) electrons. The lowest BCUT2D eigenvalue weighted by atomic mass is 10.2. The van der Waals surface area contributed by atoms with Crippen LogP contribution in [-0.2, 0) is 6.54 Å². The Morgan fingerprint density at radius 1 is 1.10 bits per heavy atom. The maximum atomic E-state index is 11.1. The normalized spacial score (nSPS) is 14.7. The smallest absolute Gasteiger partial charge is 0.354 e. The standard InChI is InChI=1S/C20H21N5O4/c1-28-15-7-5-14(6-8-15)19-22-18(29-23-19)13-24-9-11-25(12-10-24)17-4-2-3-16(21-17)20(26)27/h2-8H,9-13H2,1H3,(H,26,27). The molecule has 1 aliphatic heterocycles. The van der Waals surface area contributed by atoms with Crippen molar-refractivity contribution in [1.29, 1.82) is 0 Å². The van der Waals surface area contributed by atoms with Gasteiger partial charge in [-0.2, -0.15) is 4.98 Å². The average molecular weight is 395 g/mol. The van der Waals surface area contributed by atoms with E-state index in [1.165, 1.54) is 6.07 Å². The molecule has 2 aromatic heterocycles. The Balaban J connectivity index is 1.35. The van der Waals surface area contributed by atoms with Gasteiger partial charge in [0.05, 0.1) is 13.7 Å². The molecule has 0 spiro atoms. The Kier molecular flexibility index (Phi) is 5.39. The topological polar surface area (TPSA) is 105 Å². The zero-order chi connectivity index (χ0) is 20.2. The summed E-state index contributed by atoms with van der Waals surface area (Å²) in [4.78, 5) is 24.1. The molecule has 0 aliphatic carbocycles. The molecule has 29 heavy (non-hydrogen) atoms. The van der Waals surface area contributed by atoms with Crippen LogP contribution in [0.25, 0.3) is 11.4 Å². The molecule has 9 nitrogen and oxygen atoms in total. The van der Waals surface area contributed by atoms with Gasteiger partial charge in [-0.15, -0.1) is 0 Å². The van der Waals surface area contributed by atoms with Gasteiger partial charge in [-0.25, -0.2) is 9.78 Å². The summed E-state index contributed by atoms with van der Waals surface area (Å²) in [5.41, 5.74) is 0.928. The zero-order valence-electron chi connectivity index (χ0n) is 16.0. The number of ether oxygens (including phenoxy) is 1. The number of rotatable bonds is 6. The van der Waals surface area contributed by atoms with Crippen LogP contribution >= 0.6 is 0 Å². The molecule has 4 rings (SSSR count). The predicted octanol–water partition coefficient (Wildman–Crippen LogP) is 2.16. The number of hydrogen-bond donors (Lipinski definition) is 1. The van der Waals surface area contributed by atoms with E-state index >= 15 is 0 Å². The van der Waals surface area contributed by atoms with Crippen molar-refractivity contribution in [2.75, 3.05) is 38.2 Å². The van der Waals surface area contributed by atoms with E-state index < -0.39 is 5.97 Å². The zero-order valence-corrected chi connectivity index (χ0v) is 16.0. The Hall–Kier alpha value is -3.46. The van der Waals surface area contributed by atoms with Crippen LogP contribution in [0, 0.1) is 0 Å². The van der Waals surface area contributed by atoms with Gasteiger partial charge in [-0.1, -0.05) is 11.2 Å². The van der Waals surface area contributed by atoms with E-state index in [1.807, 2.05) is 30.3 Å². The van der Waals surface area contributed by atoms with Crippen LogP contribution < -0.4 is 9.64 Å². The number of aromatic nitrogens is 3. The first-order valence-corrected chi connectivity index (χ1v) is 9.27. The largest absolute Gasteiger partial charge is 0.497 e. The second kappa shape index (κ2) is 8.27. The van der Waals surface area contributed by atoms with E-state index in [0.717, 1.165) is 37.5 Å². The first-order chi connectivity index (χ1) is 14.1. The second-order valence-electron chi connectivity index (χ2n) is 6.69. The minimum Gasteiger partial charge on any atom is -0.497 e. The first-order valence-electron chi connectivity index (χ1n) is 9.27. The SMILES string of the molecule is COc1ccc(-c2noc(CN3CCN(c4cccc(C(=O)O)n4)CC3)n2)cc1. The number of nitrogens with zero attached hydrogens (tertiary/aromatic N) is 5. The molecule has 0 saturated carbocycles. The molecule has 0 unspecified atom stereocenters. The molecule has 1 N–H and O–H groups in total. The van der Waals surface area contributed by atoms with E-state index in [9.17, 15) is 4.79 Å². The van der Waals surface area contributed by atoms with E-state index in [4.69, 9.17) is 14.4 Å². The third-order valence-electron chi connectivity index (χ3n) is 4.82. The fourth-order valence-corrected chi connectivity index (χ4v) is 3.22. The number of hydrogen-bond acceptors (Lipinski definition) is 8. The number of methoxy groups -OCH3 is 1. The third kappa shape index (κ3) is 4.35. The van der Waals surface area contributed by atoms with Crippen LogP contribution in [0.4, 0.5) is 5.82 Å². The minimum absolute atomic E-state index is 0.0573. The summed E-state index contributed by atoms with van der Waals surface area (Å²) in [5.74, 6) is 1.56. The fourth-order valence-electron chi connectivity index (χ4n) is 3.22. The van der Waals surface area contributed by atoms with Crippen LogP contribution in [0.3, 0.4) is 0 Å². The molecule has 3 aromatic rings. The number of carbonyl (C=O) groups is 1. The summed E-state index contributed by atoms with van der Waals surface area (Å²) < 4.78 is 10.6. The summed E-state index contributed by atoms with van der Waals surface area (Å²) in [6, 6.07) is 12.6. The van der Waals surface area contributed by atoms with Crippen molar-refractivity contribution in [3.05, 3.63) is 54.0 Å². The number of pyridine rings is 1. The molecule has 150 valence electrons. The van der Waals surface area contributed by atoms with Crippen LogP contribution in [0.15, 0.2) is 47.0 Å². The predicted molar refractivity (Wildman–Crippen MR) is 105 cm³/mol. The van der Waals surface area contributed by atoms with Gasteiger partial charge in [0.25, 0.3) is 0 Å². The first kappa shape index (κ1) is 18.9. The molecule has 0 amide bonds. The summed E-state index contributed by atoms with van der Waals surface area (Å²) in [6.45, 7) is 3.64. The van der Waals surface area contributed by atoms with Crippen molar-refractivity contribution in [2.45, 2.75) is 6.54 Å². The van der Waals surface area contributed by atoms with Gasteiger partial charge in [0.2, 0.25) is 11.7 Å². The molecular weight excluding hydrogens is 374 g/mol. The minimum atomic E-state index is -1.02. The van der Waals surface area contributed by atoms with Gasteiger partial charge in [-0.3, -0.25) is 4.90 Å². The molecule has 9 heteroatoms. The highest BCUT2D eigenvalue weighted by Gasteiger charge is 2.21. The molecule has 0 bridgehead atoms. The maximum Gasteiger partial charge on any atom is 0.354 e. The Bertz CT molecular complexity index is 981. The summed E-state index contributed by atoms with van der Waals surface area (Å²) in [7, 11) is 1.63. The van der Waals surface area contributed by atoms with E-state index in [-0.39, 0.29) is 5.69 Å². The van der Waals surface area contributed by atoms with Gasteiger partial charge < -0.3 is 19.3 Å². The van der Waals surface area contributed by atoms with E-state index in [0.29, 0.717) is 24.1 Å². The Labute approximate surface area is 167 Å². The molecule has 1 saturated heterocycles. The van der Waals surface area contributed by atoms with Gasteiger partial charge in [0, 0.05) is 31.7 Å². The number of aromatic carboxylic acids is 1. The Morgan fingerprint density at radius 2 is 1.86 bits per heavy atom. The lowest BCUT2D eigenvalue weighted by molar-refractivity contribution is 0.0690. The number of carboxylic acid groups (broad SMARTS) is 1. The molecule has 3 heterocycles. The molecule has 0 atom stereocenters. The van der Waals surface area contributed by atoms with Crippen LogP contribution in [0.2, 0.25) is 0 Å².